The topological polar surface area (TPSA) is 85.7 Å². The Hall–Kier alpha value is -1.81. The van der Waals surface area contributed by atoms with Gasteiger partial charge < -0.3 is 15.0 Å². The monoisotopic (exact) mass is 296 g/mol. The molecule has 0 saturated carbocycles. The second-order valence-corrected chi connectivity index (χ2v) is 5.17. The number of nitrogens with zero attached hydrogens (tertiary/aromatic N) is 3. The van der Waals surface area contributed by atoms with Gasteiger partial charge in [0.1, 0.15) is 0 Å². The molecular formula is C14H24N4O3. The van der Waals surface area contributed by atoms with Crippen LogP contribution in [0.1, 0.15) is 26.2 Å². The van der Waals surface area contributed by atoms with Gasteiger partial charge in [-0.2, -0.15) is 5.26 Å². The third-order valence-electron chi connectivity index (χ3n) is 3.40. The zero-order chi connectivity index (χ0) is 15.7. The van der Waals surface area contributed by atoms with Crippen LogP contribution in [0.25, 0.3) is 0 Å². The molecule has 1 saturated heterocycles. The van der Waals surface area contributed by atoms with Gasteiger partial charge in [0.05, 0.1) is 19.2 Å². The minimum absolute atomic E-state index is 0.0370. The van der Waals surface area contributed by atoms with Crippen LogP contribution < -0.4 is 5.32 Å². The molecule has 1 fully saturated rings. The van der Waals surface area contributed by atoms with E-state index in [1.165, 1.54) is 0 Å². The number of rotatable bonds is 6. The molecular weight excluding hydrogens is 272 g/mol. The Morgan fingerprint density at radius 2 is 2.10 bits per heavy atom. The molecule has 0 bridgehead atoms. The Bertz CT molecular complexity index is 386. The first-order valence-corrected chi connectivity index (χ1v) is 7.33. The summed E-state index contributed by atoms with van der Waals surface area (Å²) >= 11 is 0. The first-order valence-electron chi connectivity index (χ1n) is 7.33. The SMILES string of the molecule is CCOC(=O)N1CCC(NC(=O)CN(C)CCC#N)CC1. The fraction of sp³-hybridized carbons (Fsp3) is 0.786. The van der Waals surface area contributed by atoms with Crippen LogP contribution in [-0.4, -0.2) is 67.7 Å². The van der Waals surface area contributed by atoms with Crippen molar-refractivity contribution in [3.63, 3.8) is 0 Å². The standard InChI is InChI=1S/C14H24N4O3/c1-3-21-14(20)18-9-5-12(6-10-18)16-13(19)11-17(2)8-4-7-15/h12H,3-6,8-11H2,1-2H3,(H,16,19). The van der Waals surface area contributed by atoms with E-state index in [2.05, 4.69) is 11.4 Å². The lowest BCUT2D eigenvalue weighted by atomic mass is 10.1. The summed E-state index contributed by atoms with van der Waals surface area (Å²) in [6.45, 7) is 4.26. The number of carbonyl (C=O) groups is 2. The number of piperidine rings is 1. The van der Waals surface area contributed by atoms with Gasteiger partial charge in [0.25, 0.3) is 0 Å². The summed E-state index contributed by atoms with van der Waals surface area (Å²) in [7, 11) is 1.82. The number of amides is 2. The van der Waals surface area contributed by atoms with E-state index in [1.54, 1.807) is 11.8 Å². The van der Waals surface area contributed by atoms with Crippen LogP contribution in [-0.2, 0) is 9.53 Å². The Morgan fingerprint density at radius 3 is 2.67 bits per heavy atom. The predicted molar refractivity (Wildman–Crippen MR) is 77.5 cm³/mol. The van der Waals surface area contributed by atoms with Crippen LogP contribution in [0.5, 0.6) is 0 Å². The summed E-state index contributed by atoms with van der Waals surface area (Å²) in [6, 6.07) is 2.16. The van der Waals surface area contributed by atoms with E-state index in [9.17, 15) is 9.59 Å². The molecule has 1 aliphatic heterocycles. The number of hydrogen-bond donors (Lipinski definition) is 1. The third kappa shape index (κ3) is 6.45. The highest BCUT2D eigenvalue weighted by Gasteiger charge is 2.24. The van der Waals surface area contributed by atoms with E-state index < -0.39 is 0 Å². The maximum Gasteiger partial charge on any atom is 0.409 e. The largest absolute Gasteiger partial charge is 0.450 e. The van der Waals surface area contributed by atoms with E-state index in [-0.39, 0.29) is 18.0 Å². The Balaban J connectivity index is 2.24. The minimum atomic E-state index is -0.279. The molecule has 7 heteroatoms. The molecule has 118 valence electrons. The van der Waals surface area contributed by atoms with Gasteiger partial charge in [-0.3, -0.25) is 9.69 Å². The highest BCUT2D eigenvalue weighted by atomic mass is 16.6. The molecule has 2 amide bonds. The maximum atomic E-state index is 11.9. The molecule has 0 aromatic carbocycles. The van der Waals surface area contributed by atoms with Crippen LogP contribution in [0.15, 0.2) is 0 Å². The Labute approximate surface area is 125 Å². The van der Waals surface area contributed by atoms with Gasteiger partial charge in [0.15, 0.2) is 0 Å². The predicted octanol–water partition coefficient (Wildman–Crippen LogP) is 0.569. The van der Waals surface area contributed by atoms with E-state index in [4.69, 9.17) is 10.00 Å². The third-order valence-corrected chi connectivity index (χ3v) is 3.40. The van der Waals surface area contributed by atoms with Gasteiger partial charge >= 0.3 is 6.09 Å². The molecule has 0 aliphatic carbocycles. The molecule has 0 atom stereocenters. The molecule has 1 N–H and O–H groups in total. The number of hydrogen-bond acceptors (Lipinski definition) is 5. The van der Waals surface area contributed by atoms with Crippen molar-refractivity contribution in [3.8, 4) is 6.07 Å². The van der Waals surface area contributed by atoms with Gasteiger partial charge in [-0.1, -0.05) is 0 Å². The Kier molecular flexibility index (Phi) is 7.54. The number of nitrogens with one attached hydrogen (secondary N) is 1. The minimum Gasteiger partial charge on any atom is -0.450 e. The smallest absolute Gasteiger partial charge is 0.409 e. The molecule has 1 aliphatic rings. The average Bonchev–Trinajstić information content (AvgIpc) is 2.46. The van der Waals surface area contributed by atoms with Crippen LogP contribution in [0.4, 0.5) is 4.79 Å². The van der Waals surface area contributed by atoms with Crippen LogP contribution in [0.2, 0.25) is 0 Å². The van der Waals surface area contributed by atoms with Crippen molar-refractivity contribution in [2.24, 2.45) is 0 Å². The fourth-order valence-corrected chi connectivity index (χ4v) is 2.26. The van der Waals surface area contributed by atoms with Crippen LogP contribution in [0, 0.1) is 11.3 Å². The molecule has 21 heavy (non-hydrogen) atoms. The average molecular weight is 296 g/mol. The van der Waals surface area contributed by atoms with Gasteiger partial charge in [-0.05, 0) is 26.8 Å². The van der Waals surface area contributed by atoms with Crippen molar-refractivity contribution < 1.29 is 14.3 Å². The Morgan fingerprint density at radius 1 is 1.43 bits per heavy atom. The quantitative estimate of drug-likeness (QED) is 0.774. The first-order chi connectivity index (χ1) is 10.1. The summed E-state index contributed by atoms with van der Waals surface area (Å²) < 4.78 is 4.95. The van der Waals surface area contributed by atoms with Crippen molar-refractivity contribution in [2.75, 3.05) is 39.8 Å². The number of carbonyl (C=O) groups excluding carboxylic acids is 2. The number of likely N-dealkylation sites (N-methyl/N-ethyl adjacent to an activating group) is 1. The fourth-order valence-electron chi connectivity index (χ4n) is 2.26. The molecule has 1 heterocycles. The summed E-state index contributed by atoms with van der Waals surface area (Å²) in [6.07, 6.45) is 1.62. The lowest BCUT2D eigenvalue weighted by Crippen LogP contribution is -2.48. The molecule has 7 nitrogen and oxygen atoms in total. The molecule has 0 aromatic rings. The summed E-state index contributed by atoms with van der Waals surface area (Å²) in [5.74, 6) is -0.0370. The maximum absolute atomic E-state index is 11.9. The van der Waals surface area contributed by atoms with Gasteiger partial charge in [0.2, 0.25) is 5.91 Å². The number of likely N-dealkylation sites (tertiary alicyclic amines) is 1. The first kappa shape index (κ1) is 17.2. The van der Waals surface area contributed by atoms with Crippen molar-refractivity contribution in [3.05, 3.63) is 0 Å². The van der Waals surface area contributed by atoms with E-state index >= 15 is 0 Å². The summed E-state index contributed by atoms with van der Waals surface area (Å²) in [5.41, 5.74) is 0. The second kappa shape index (κ2) is 9.19. The zero-order valence-corrected chi connectivity index (χ0v) is 12.8. The van der Waals surface area contributed by atoms with E-state index in [0.717, 1.165) is 12.8 Å². The van der Waals surface area contributed by atoms with Crippen molar-refractivity contribution in [1.82, 2.24) is 15.1 Å². The molecule has 0 radical (unpaired) electrons. The van der Waals surface area contributed by atoms with E-state index in [0.29, 0.717) is 39.2 Å². The van der Waals surface area contributed by atoms with Gasteiger partial charge in [0, 0.05) is 32.1 Å². The van der Waals surface area contributed by atoms with Gasteiger partial charge in [-0.15, -0.1) is 0 Å². The van der Waals surface area contributed by atoms with E-state index in [1.807, 2.05) is 11.9 Å². The highest BCUT2D eigenvalue weighted by molar-refractivity contribution is 5.78. The summed E-state index contributed by atoms with van der Waals surface area (Å²) in [5, 5.41) is 11.5. The number of nitriles is 1. The molecule has 1 rings (SSSR count). The number of ether oxygens (including phenoxy) is 1. The lowest BCUT2D eigenvalue weighted by molar-refractivity contribution is -0.122. The summed E-state index contributed by atoms with van der Waals surface area (Å²) in [4.78, 5) is 26.9. The zero-order valence-electron chi connectivity index (χ0n) is 12.8. The van der Waals surface area contributed by atoms with Crippen LogP contribution >= 0.6 is 0 Å². The highest BCUT2D eigenvalue weighted by Crippen LogP contribution is 2.11. The van der Waals surface area contributed by atoms with Crippen molar-refractivity contribution in [1.29, 1.82) is 5.26 Å². The molecule has 0 spiro atoms. The van der Waals surface area contributed by atoms with Gasteiger partial charge in [-0.25, -0.2) is 4.79 Å². The second-order valence-electron chi connectivity index (χ2n) is 5.17. The van der Waals surface area contributed by atoms with Crippen molar-refractivity contribution >= 4 is 12.0 Å². The van der Waals surface area contributed by atoms with Crippen molar-refractivity contribution in [2.45, 2.75) is 32.2 Å². The lowest BCUT2D eigenvalue weighted by Gasteiger charge is -2.31. The molecule has 0 aromatic heterocycles. The van der Waals surface area contributed by atoms with Crippen LogP contribution in [0.3, 0.4) is 0 Å². The normalized spacial score (nSPS) is 15.6. The molecule has 0 unspecified atom stereocenters.